The number of fused-ring (bicyclic) bond motifs is 1. The van der Waals surface area contributed by atoms with Gasteiger partial charge in [0, 0.05) is 32.1 Å². The van der Waals surface area contributed by atoms with E-state index >= 15 is 0 Å². The molecule has 0 bridgehead atoms. The number of piperazine rings is 1. The first-order valence-electron chi connectivity index (χ1n) is 10.5. The zero-order valence-corrected chi connectivity index (χ0v) is 18.3. The molecule has 2 fully saturated rings. The summed E-state index contributed by atoms with van der Waals surface area (Å²) in [5.74, 6) is 0.505. The van der Waals surface area contributed by atoms with Crippen molar-refractivity contribution in [3.8, 4) is 0 Å². The highest BCUT2D eigenvalue weighted by Gasteiger charge is 2.32. The Kier molecular flexibility index (Phi) is 5.24. The second-order valence-corrected chi connectivity index (χ2v) is 11.1. The molecule has 2 aliphatic carbocycles. The minimum Gasteiger partial charge on any atom is -0.322 e. The summed E-state index contributed by atoms with van der Waals surface area (Å²) in [7, 11) is -3.55. The lowest BCUT2D eigenvalue weighted by Crippen LogP contribution is -2.51. The van der Waals surface area contributed by atoms with Crippen molar-refractivity contribution in [3.63, 3.8) is 0 Å². The van der Waals surface area contributed by atoms with Gasteiger partial charge in [0.25, 0.3) is 0 Å². The molecule has 0 spiro atoms. The number of carbonyl (C=O) groups is 1. The van der Waals surface area contributed by atoms with Crippen LogP contribution >= 0.6 is 11.3 Å². The van der Waals surface area contributed by atoms with E-state index in [0.717, 1.165) is 42.7 Å². The molecule has 3 aliphatic rings. The first-order valence-corrected chi connectivity index (χ1v) is 12.8. The Morgan fingerprint density at radius 2 is 1.77 bits per heavy atom. The highest BCUT2D eigenvalue weighted by atomic mass is 32.2. The van der Waals surface area contributed by atoms with Gasteiger partial charge < -0.3 is 4.90 Å². The molecule has 2 amide bonds. The van der Waals surface area contributed by atoms with Crippen LogP contribution in [0.15, 0.2) is 23.1 Å². The number of benzene rings is 1. The second kappa shape index (κ2) is 7.90. The van der Waals surface area contributed by atoms with Crippen molar-refractivity contribution < 1.29 is 13.2 Å². The van der Waals surface area contributed by atoms with Gasteiger partial charge in [-0.15, -0.1) is 10.2 Å². The number of sulfonamides is 1. The van der Waals surface area contributed by atoms with Gasteiger partial charge in [-0.25, -0.2) is 13.2 Å². The van der Waals surface area contributed by atoms with Gasteiger partial charge in [0.15, 0.2) is 0 Å². The number of amides is 2. The molecule has 1 saturated heterocycles. The van der Waals surface area contributed by atoms with E-state index in [1.165, 1.54) is 27.6 Å². The standard InChI is InChI=1S/C20H25N5O3S2/c26-20(21-19-23-22-18(29-19)15-5-6-15)24-9-11-25(12-10-24)30(27,28)17-8-7-14-3-1-2-4-16(14)13-17/h7-8,13,15H,1-6,9-12H2,(H,21,23,26). The molecule has 1 N–H and O–H groups in total. The Bertz CT molecular complexity index is 1060. The van der Waals surface area contributed by atoms with Gasteiger partial charge in [-0.05, 0) is 61.8 Å². The van der Waals surface area contributed by atoms with E-state index in [1.54, 1.807) is 11.0 Å². The summed E-state index contributed by atoms with van der Waals surface area (Å²) >= 11 is 1.42. The molecule has 0 unspecified atom stereocenters. The number of rotatable bonds is 4. The third-order valence-corrected chi connectivity index (χ3v) is 8.96. The Labute approximate surface area is 180 Å². The largest absolute Gasteiger partial charge is 0.323 e. The molecule has 1 aromatic carbocycles. The number of nitrogens with zero attached hydrogens (tertiary/aromatic N) is 4. The smallest absolute Gasteiger partial charge is 0.322 e. The average molecular weight is 448 g/mol. The zero-order chi connectivity index (χ0) is 20.7. The van der Waals surface area contributed by atoms with Crippen molar-refractivity contribution >= 4 is 32.5 Å². The van der Waals surface area contributed by atoms with Crippen LogP contribution in [0.1, 0.15) is 47.7 Å². The molecule has 10 heteroatoms. The number of carbonyl (C=O) groups excluding carboxylic acids is 1. The van der Waals surface area contributed by atoms with Gasteiger partial charge in [-0.1, -0.05) is 17.4 Å². The van der Waals surface area contributed by atoms with E-state index in [1.807, 2.05) is 12.1 Å². The van der Waals surface area contributed by atoms with Crippen LogP contribution in [0.25, 0.3) is 0 Å². The lowest BCUT2D eigenvalue weighted by atomic mass is 9.92. The summed E-state index contributed by atoms with van der Waals surface area (Å²) in [6.07, 6.45) is 6.54. The monoisotopic (exact) mass is 447 g/mol. The van der Waals surface area contributed by atoms with E-state index in [-0.39, 0.29) is 19.1 Å². The number of nitrogens with one attached hydrogen (secondary N) is 1. The number of aromatic nitrogens is 2. The second-order valence-electron chi connectivity index (χ2n) is 8.18. The van der Waals surface area contributed by atoms with Crippen molar-refractivity contribution in [1.29, 1.82) is 0 Å². The predicted molar refractivity (Wildman–Crippen MR) is 114 cm³/mol. The summed E-state index contributed by atoms with van der Waals surface area (Å²) in [6, 6.07) is 5.28. The van der Waals surface area contributed by atoms with Crippen LogP contribution in [0.4, 0.5) is 9.93 Å². The maximum Gasteiger partial charge on any atom is 0.323 e. The minimum atomic E-state index is -3.55. The molecule has 0 atom stereocenters. The normalized spacial score (nSPS) is 20.1. The van der Waals surface area contributed by atoms with Crippen LogP contribution in [0.3, 0.4) is 0 Å². The first-order chi connectivity index (χ1) is 14.5. The average Bonchev–Trinajstić information content (AvgIpc) is 3.52. The van der Waals surface area contributed by atoms with Crippen LogP contribution in [0, 0.1) is 0 Å². The van der Waals surface area contributed by atoms with Crippen molar-refractivity contribution in [3.05, 3.63) is 34.3 Å². The number of anilines is 1. The SMILES string of the molecule is O=C(Nc1nnc(C2CC2)s1)N1CCN(S(=O)(=O)c2ccc3c(c2)CCCC3)CC1. The molecule has 0 radical (unpaired) electrons. The van der Waals surface area contributed by atoms with Gasteiger partial charge in [-0.2, -0.15) is 4.31 Å². The number of hydrogen-bond donors (Lipinski definition) is 1. The highest BCUT2D eigenvalue weighted by Crippen LogP contribution is 2.42. The van der Waals surface area contributed by atoms with Gasteiger partial charge in [-0.3, -0.25) is 5.32 Å². The lowest BCUT2D eigenvalue weighted by Gasteiger charge is -2.33. The summed E-state index contributed by atoms with van der Waals surface area (Å²) < 4.78 is 27.7. The molecule has 5 rings (SSSR count). The van der Waals surface area contributed by atoms with E-state index in [0.29, 0.717) is 29.0 Å². The summed E-state index contributed by atoms with van der Waals surface area (Å²) in [6.45, 7) is 1.28. The van der Waals surface area contributed by atoms with Crippen LogP contribution < -0.4 is 5.32 Å². The van der Waals surface area contributed by atoms with E-state index < -0.39 is 10.0 Å². The fourth-order valence-corrected chi connectivity index (χ4v) is 6.48. The van der Waals surface area contributed by atoms with Crippen molar-refractivity contribution in [2.75, 3.05) is 31.5 Å². The molecule has 30 heavy (non-hydrogen) atoms. The molecule has 2 heterocycles. The molecule has 2 aromatic rings. The van der Waals surface area contributed by atoms with Crippen LogP contribution in [-0.2, 0) is 22.9 Å². The predicted octanol–water partition coefficient (Wildman–Crippen LogP) is 2.83. The molecule has 1 saturated carbocycles. The lowest BCUT2D eigenvalue weighted by molar-refractivity contribution is 0.184. The molecule has 1 aliphatic heterocycles. The van der Waals surface area contributed by atoms with Gasteiger partial charge in [0.05, 0.1) is 4.90 Å². The molecular weight excluding hydrogens is 422 g/mol. The fourth-order valence-electron chi connectivity index (χ4n) is 4.10. The quantitative estimate of drug-likeness (QED) is 0.778. The number of aryl methyl sites for hydroxylation is 2. The Balaban J connectivity index is 1.21. The molecule has 160 valence electrons. The number of hydrogen-bond acceptors (Lipinski definition) is 6. The van der Waals surface area contributed by atoms with Crippen molar-refractivity contribution in [2.45, 2.75) is 49.3 Å². The zero-order valence-electron chi connectivity index (χ0n) is 16.7. The minimum absolute atomic E-state index is 0.251. The van der Waals surface area contributed by atoms with Crippen molar-refractivity contribution in [1.82, 2.24) is 19.4 Å². The highest BCUT2D eigenvalue weighted by molar-refractivity contribution is 7.89. The summed E-state index contributed by atoms with van der Waals surface area (Å²) in [4.78, 5) is 14.5. The Morgan fingerprint density at radius 1 is 1.03 bits per heavy atom. The fraction of sp³-hybridized carbons (Fsp3) is 0.550. The maximum atomic E-state index is 13.1. The topological polar surface area (TPSA) is 95.5 Å². The van der Waals surface area contributed by atoms with Crippen LogP contribution in [0.2, 0.25) is 0 Å². The molecule has 1 aromatic heterocycles. The van der Waals surface area contributed by atoms with Gasteiger partial charge in [0.1, 0.15) is 5.01 Å². The number of urea groups is 1. The summed E-state index contributed by atoms with van der Waals surface area (Å²) in [5, 5.41) is 12.5. The van der Waals surface area contributed by atoms with Crippen LogP contribution in [0.5, 0.6) is 0 Å². The van der Waals surface area contributed by atoms with Crippen molar-refractivity contribution in [2.24, 2.45) is 0 Å². The van der Waals surface area contributed by atoms with E-state index in [4.69, 9.17) is 0 Å². The van der Waals surface area contributed by atoms with Gasteiger partial charge >= 0.3 is 6.03 Å². The van der Waals surface area contributed by atoms with Crippen LogP contribution in [-0.4, -0.2) is 60.0 Å². The maximum absolute atomic E-state index is 13.1. The molecule has 8 nitrogen and oxygen atoms in total. The van der Waals surface area contributed by atoms with Gasteiger partial charge in [0.2, 0.25) is 15.2 Å². The molecular formula is C20H25N5O3S2. The first kappa shape index (κ1) is 19.9. The van der Waals surface area contributed by atoms with E-state index in [9.17, 15) is 13.2 Å². The Morgan fingerprint density at radius 3 is 2.50 bits per heavy atom. The van der Waals surface area contributed by atoms with E-state index in [2.05, 4.69) is 15.5 Å². The third kappa shape index (κ3) is 3.95. The Hall–Kier alpha value is -2.04. The summed E-state index contributed by atoms with van der Waals surface area (Å²) in [5.41, 5.74) is 2.42. The third-order valence-electron chi connectivity index (χ3n) is 6.06.